The predicted molar refractivity (Wildman–Crippen MR) is 175 cm³/mol. The largest absolute Gasteiger partial charge is 0.481 e. The Labute approximate surface area is 292 Å². The zero-order chi connectivity index (χ0) is 37.3. The average molecular weight is 863 g/mol. The number of carbonyl (C=O) groups is 3. The van der Waals surface area contributed by atoms with Crippen LogP contribution in [0.4, 0.5) is 21.5 Å². The SMILES string of the molecule is COc1cc(OC)nc(NC(=O)NS(=O)(=O)N(C)S(C)(=O)=O)n1.COc1nc(C)nc(NC(=O)NS(=O)(=O)c2cc(I)ccc2C(=O)O)n1. The van der Waals surface area contributed by atoms with Crippen molar-refractivity contribution in [1.29, 1.82) is 0 Å². The molecule has 1 aromatic carbocycles. The van der Waals surface area contributed by atoms with Gasteiger partial charge in [0.2, 0.25) is 33.7 Å². The standard InChI is InChI=1S/C13H12IN5O6S.C9H15N5O7S2/c1-6-15-11(18-13(16-6)25-2)17-12(22)19-26(23,24)9-5-7(14)3-4-8(9)10(20)21;1-14(22(4,16)17)23(18,19)13-9(15)12-8-10-6(20-2)5-7(11-8)21-3/h3-5H,1-2H3,(H,20,21)(H2,15,16,17,18,19,22);5H,1-4H3,(H2,10,11,12,13,15). The van der Waals surface area contributed by atoms with Crippen molar-refractivity contribution in [3.8, 4) is 17.8 Å². The van der Waals surface area contributed by atoms with Gasteiger partial charge in [-0.2, -0.15) is 33.3 Å². The minimum absolute atomic E-state index is 0.00654. The van der Waals surface area contributed by atoms with Crippen molar-refractivity contribution in [2.75, 3.05) is 45.3 Å². The summed E-state index contributed by atoms with van der Waals surface area (Å²) in [5.41, 5.74) is -0.469. The number of carbonyl (C=O) groups excluding carboxylic acids is 2. The Balaban J connectivity index is 0.000000343. The molecule has 2 aromatic heterocycles. The van der Waals surface area contributed by atoms with Gasteiger partial charge in [0, 0.05) is 10.6 Å². The summed E-state index contributed by atoms with van der Waals surface area (Å²) in [4.78, 5) is 53.2. The molecule has 2 heterocycles. The van der Waals surface area contributed by atoms with E-state index in [1.54, 1.807) is 4.72 Å². The molecular formula is C22H27IN10O13S3. The van der Waals surface area contributed by atoms with Crippen LogP contribution in [0, 0.1) is 10.5 Å². The van der Waals surface area contributed by atoms with E-state index in [4.69, 9.17) is 19.3 Å². The number of urea groups is 2. The molecule has 3 aromatic rings. The highest BCUT2D eigenvalue weighted by atomic mass is 127. The van der Waals surface area contributed by atoms with Gasteiger partial charge in [-0.3, -0.25) is 10.6 Å². The van der Waals surface area contributed by atoms with E-state index >= 15 is 0 Å². The zero-order valence-corrected chi connectivity index (χ0v) is 30.5. The monoisotopic (exact) mass is 862 g/mol. The Morgan fingerprint density at radius 2 is 1.33 bits per heavy atom. The average Bonchev–Trinajstić information content (AvgIpc) is 2.99. The second-order valence-electron chi connectivity index (χ2n) is 8.68. The van der Waals surface area contributed by atoms with Crippen LogP contribution < -0.4 is 34.3 Å². The summed E-state index contributed by atoms with van der Waals surface area (Å²) >= 11 is 1.82. The molecule has 3 rings (SSSR count). The zero-order valence-electron chi connectivity index (χ0n) is 25.9. The fourth-order valence-electron chi connectivity index (χ4n) is 2.96. The van der Waals surface area contributed by atoms with Crippen LogP contribution >= 0.6 is 22.6 Å². The molecule has 268 valence electrons. The Hall–Kier alpha value is -4.74. The predicted octanol–water partition coefficient (Wildman–Crippen LogP) is -0.247. The number of nitrogens with one attached hydrogen (secondary N) is 4. The molecule has 0 spiro atoms. The third-order valence-corrected chi connectivity index (χ3v) is 10.7. The quantitative estimate of drug-likeness (QED) is 0.155. The van der Waals surface area contributed by atoms with Crippen LogP contribution in [0.15, 0.2) is 29.2 Å². The van der Waals surface area contributed by atoms with E-state index in [0.717, 1.165) is 19.2 Å². The topological polar surface area (TPSA) is 317 Å². The highest BCUT2D eigenvalue weighted by Gasteiger charge is 2.29. The van der Waals surface area contributed by atoms with E-state index in [9.17, 15) is 39.6 Å². The smallest absolute Gasteiger partial charge is 0.337 e. The summed E-state index contributed by atoms with van der Waals surface area (Å²) in [6.07, 6.45) is 0.667. The molecule has 0 fully saturated rings. The highest BCUT2D eigenvalue weighted by Crippen LogP contribution is 2.20. The fourth-order valence-corrected chi connectivity index (χ4v) is 6.75. The maximum Gasteiger partial charge on any atom is 0.337 e. The Kier molecular flexibility index (Phi) is 13.7. The van der Waals surface area contributed by atoms with Gasteiger partial charge in [-0.1, -0.05) is 3.71 Å². The number of rotatable bonds is 11. The van der Waals surface area contributed by atoms with Crippen molar-refractivity contribution in [2.24, 2.45) is 0 Å². The molecule has 27 heteroatoms. The van der Waals surface area contributed by atoms with Crippen LogP contribution in [0.5, 0.6) is 17.8 Å². The first-order valence-electron chi connectivity index (χ1n) is 12.5. The van der Waals surface area contributed by atoms with Crippen molar-refractivity contribution in [1.82, 2.24) is 38.1 Å². The molecule has 49 heavy (non-hydrogen) atoms. The number of benzene rings is 1. The fraction of sp³-hybridized carbons (Fsp3) is 0.273. The van der Waals surface area contributed by atoms with Gasteiger partial charge in [0.05, 0.1) is 39.2 Å². The van der Waals surface area contributed by atoms with Gasteiger partial charge in [-0.15, -0.1) is 0 Å². The summed E-state index contributed by atoms with van der Waals surface area (Å²) in [5, 5.41) is 13.3. The lowest BCUT2D eigenvalue weighted by atomic mass is 10.2. The first-order valence-corrected chi connectivity index (χ1v) is 18.3. The summed E-state index contributed by atoms with van der Waals surface area (Å²) < 4.78 is 88.8. The molecule has 0 radical (unpaired) electrons. The number of hydrogen-bond donors (Lipinski definition) is 5. The minimum atomic E-state index is -4.60. The van der Waals surface area contributed by atoms with Gasteiger partial charge in [-0.25, -0.2) is 40.7 Å². The lowest BCUT2D eigenvalue weighted by molar-refractivity contribution is 0.0692. The maximum atomic E-state index is 12.4. The third-order valence-electron chi connectivity index (χ3n) is 5.18. The third kappa shape index (κ3) is 12.0. The van der Waals surface area contributed by atoms with Gasteiger partial charge in [-0.05, 0) is 47.7 Å². The lowest BCUT2D eigenvalue weighted by Gasteiger charge is -2.15. The van der Waals surface area contributed by atoms with Crippen LogP contribution in [-0.2, 0) is 30.3 Å². The molecular weight excluding hydrogens is 835 g/mol. The molecule has 5 N–H and O–H groups in total. The summed E-state index contributed by atoms with van der Waals surface area (Å²) in [6, 6.07) is 2.53. The number of aromatic carboxylic acids is 1. The number of ether oxygens (including phenoxy) is 3. The molecule has 0 atom stereocenters. The number of carboxylic acids is 1. The van der Waals surface area contributed by atoms with Crippen molar-refractivity contribution >= 4 is 82.8 Å². The molecule has 0 unspecified atom stereocenters. The van der Waals surface area contributed by atoms with Gasteiger partial charge in [0.25, 0.3) is 10.0 Å². The van der Waals surface area contributed by atoms with Crippen LogP contribution in [0.1, 0.15) is 16.2 Å². The molecule has 0 bridgehead atoms. The van der Waals surface area contributed by atoms with Crippen molar-refractivity contribution in [2.45, 2.75) is 11.8 Å². The molecule has 0 aliphatic rings. The van der Waals surface area contributed by atoms with Gasteiger partial charge < -0.3 is 19.3 Å². The van der Waals surface area contributed by atoms with Crippen LogP contribution in [0.2, 0.25) is 0 Å². The first kappa shape index (κ1) is 40.4. The van der Waals surface area contributed by atoms with Crippen LogP contribution in [0.25, 0.3) is 0 Å². The number of amides is 4. The van der Waals surface area contributed by atoms with E-state index in [0.29, 0.717) is 9.83 Å². The Bertz CT molecular complexity index is 2050. The van der Waals surface area contributed by atoms with E-state index in [2.05, 4.69) is 30.2 Å². The molecule has 0 aliphatic carbocycles. The van der Waals surface area contributed by atoms with Gasteiger partial charge in [0.15, 0.2) is 0 Å². The molecule has 0 saturated heterocycles. The number of aryl methyl sites for hydroxylation is 1. The Morgan fingerprint density at radius 1 is 0.796 bits per heavy atom. The number of sulfonamides is 2. The van der Waals surface area contributed by atoms with Crippen LogP contribution in [-0.4, -0.2) is 112 Å². The van der Waals surface area contributed by atoms with E-state index in [-0.39, 0.29) is 39.2 Å². The van der Waals surface area contributed by atoms with Crippen molar-refractivity contribution in [3.63, 3.8) is 0 Å². The minimum Gasteiger partial charge on any atom is -0.481 e. The first-order chi connectivity index (χ1) is 22.6. The van der Waals surface area contributed by atoms with E-state index in [1.807, 2.05) is 27.9 Å². The number of methoxy groups -OCH3 is 3. The van der Waals surface area contributed by atoms with Crippen molar-refractivity contribution in [3.05, 3.63) is 39.2 Å². The summed E-state index contributed by atoms with van der Waals surface area (Å²) in [7, 11) is -8.41. The number of anilines is 2. The number of halogens is 1. The number of carboxylic acid groups (broad SMARTS) is 1. The van der Waals surface area contributed by atoms with E-state index < -0.39 is 58.7 Å². The number of aromatic nitrogens is 5. The summed E-state index contributed by atoms with van der Waals surface area (Å²) in [5.74, 6) is -1.63. The van der Waals surface area contributed by atoms with Gasteiger partial charge >= 0.3 is 34.3 Å². The molecule has 4 amide bonds. The second kappa shape index (κ2) is 16.6. The highest BCUT2D eigenvalue weighted by molar-refractivity contribution is 14.1. The van der Waals surface area contributed by atoms with E-state index in [1.165, 1.54) is 45.1 Å². The van der Waals surface area contributed by atoms with Gasteiger partial charge in [0.1, 0.15) is 10.7 Å². The molecule has 0 saturated carbocycles. The molecule has 23 nitrogen and oxygen atoms in total. The molecule has 0 aliphatic heterocycles. The summed E-state index contributed by atoms with van der Waals surface area (Å²) in [6.45, 7) is 1.52. The second-order valence-corrected chi connectivity index (χ2v) is 15.5. The Morgan fingerprint density at radius 3 is 1.82 bits per heavy atom. The number of nitrogens with zero attached hydrogens (tertiary/aromatic N) is 6. The normalized spacial score (nSPS) is 11.3. The van der Waals surface area contributed by atoms with Crippen molar-refractivity contribution < 1.29 is 59.0 Å². The van der Waals surface area contributed by atoms with Crippen LogP contribution in [0.3, 0.4) is 0 Å². The maximum absolute atomic E-state index is 12.4. The number of hydrogen-bond acceptors (Lipinski definition) is 17. The lowest BCUT2D eigenvalue weighted by Crippen LogP contribution is -2.45.